The number of benzene rings is 1. The molecule has 4 nitrogen and oxygen atoms in total. The topological polar surface area (TPSA) is 63.6 Å². The molecule has 1 N–H and O–H groups in total. The van der Waals surface area contributed by atoms with Crippen molar-refractivity contribution in [1.82, 2.24) is 0 Å². The highest BCUT2D eigenvalue weighted by Gasteiger charge is 2.17. The van der Waals surface area contributed by atoms with E-state index in [9.17, 15) is 9.00 Å². The van der Waals surface area contributed by atoms with Crippen LogP contribution in [-0.2, 0) is 21.3 Å². The number of hydrogen-bond donors (Lipinski definition) is 1. The summed E-state index contributed by atoms with van der Waals surface area (Å²) in [5.41, 5.74) is 0.808. The Balaban J connectivity index is 2.80. The number of hydrogen-bond acceptors (Lipinski definition) is 3. The Morgan fingerprint density at radius 2 is 2.22 bits per heavy atom. The fourth-order valence-corrected chi connectivity index (χ4v) is 3.05. The number of methoxy groups -OCH3 is 1. The minimum absolute atomic E-state index is 0.0943. The fraction of sp³-hybridized carbons (Fsp3) is 0.417. The summed E-state index contributed by atoms with van der Waals surface area (Å²) in [7, 11) is 0.314. The van der Waals surface area contributed by atoms with Crippen molar-refractivity contribution in [3.8, 4) is 5.75 Å². The molecular weight excluding hydrogens is 320 g/mol. The molecule has 0 heterocycles. The third-order valence-corrected chi connectivity index (χ3v) is 4.60. The molecule has 0 fully saturated rings. The van der Waals surface area contributed by atoms with Crippen molar-refractivity contribution in [3.63, 3.8) is 0 Å². The molecule has 0 radical (unpaired) electrons. The lowest BCUT2D eigenvalue weighted by molar-refractivity contribution is -0.136. The fourth-order valence-electron chi connectivity index (χ4n) is 1.49. The van der Waals surface area contributed by atoms with Gasteiger partial charge in [0.15, 0.2) is 0 Å². The van der Waals surface area contributed by atoms with Gasteiger partial charge in [-0.2, -0.15) is 0 Å². The largest absolute Gasteiger partial charge is 0.496 e. The highest BCUT2D eigenvalue weighted by Crippen LogP contribution is 2.25. The average Bonchev–Trinajstić information content (AvgIpc) is 2.28. The molecule has 0 spiro atoms. The van der Waals surface area contributed by atoms with Crippen molar-refractivity contribution in [3.05, 3.63) is 28.2 Å². The van der Waals surface area contributed by atoms with Gasteiger partial charge >= 0.3 is 5.97 Å². The van der Waals surface area contributed by atoms with Crippen molar-refractivity contribution in [2.45, 2.75) is 24.3 Å². The molecule has 0 bridgehead atoms. The summed E-state index contributed by atoms with van der Waals surface area (Å²) < 4.78 is 18.1. The molecule has 0 saturated heterocycles. The first kappa shape index (κ1) is 15.2. The van der Waals surface area contributed by atoms with Gasteiger partial charge < -0.3 is 9.84 Å². The third kappa shape index (κ3) is 4.42. The molecule has 2 atom stereocenters. The van der Waals surface area contributed by atoms with Crippen LogP contribution >= 0.6 is 15.9 Å². The lowest BCUT2D eigenvalue weighted by atomic mass is 10.2. The summed E-state index contributed by atoms with van der Waals surface area (Å²) in [6.07, 6.45) is -0.0943. The first-order valence-corrected chi connectivity index (χ1v) is 7.53. The number of halogens is 1. The van der Waals surface area contributed by atoms with E-state index in [0.717, 1.165) is 10.0 Å². The van der Waals surface area contributed by atoms with Crippen LogP contribution in [0.3, 0.4) is 0 Å². The molecule has 0 aliphatic heterocycles. The van der Waals surface area contributed by atoms with Gasteiger partial charge in [0.2, 0.25) is 0 Å². The maximum Gasteiger partial charge on any atom is 0.304 e. The number of aliphatic carboxylic acids is 1. The maximum absolute atomic E-state index is 12.0. The third-order valence-electron chi connectivity index (χ3n) is 2.45. The molecule has 1 aromatic carbocycles. The zero-order chi connectivity index (χ0) is 13.7. The van der Waals surface area contributed by atoms with Gasteiger partial charge in [-0.15, -0.1) is 0 Å². The molecule has 1 aromatic rings. The van der Waals surface area contributed by atoms with E-state index < -0.39 is 16.8 Å². The molecule has 0 aliphatic rings. The molecule has 6 heteroatoms. The van der Waals surface area contributed by atoms with Crippen LogP contribution in [0.1, 0.15) is 18.9 Å². The minimum atomic E-state index is -1.24. The van der Waals surface area contributed by atoms with Gasteiger partial charge in [0, 0.05) is 26.1 Å². The monoisotopic (exact) mass is 334 g/mol. The summed E-state index contributed by atoms with van der Waals surface area (Å²) in [5, 5.41) is 8.29. The Hall–Kier alpha value is -0.880. The average molecular weight is 335 g/mol. The van der Waals surface area contributed by atoms with Gasteiger partial charge in [0.1, 0.15) is 5.75 Å². The molecule has 1 rings (SSSR count). The second-order valence-corrected chi connectivity index (χ2v) is 6.66. The minimum Gasteiger partial charge on any atom is -0.496 e. The van der Waals surface area contributed by atoms with E-state index in [-0.39, 0.29) is 17.4 Å². The normalized spacial score (nSPS) is 13.9. The zero-order valence-corrected chi connectivity index (χ0v) is 12.6. The number of ether oxygens (including phenoxy) is 1. The van der Waals surface area contributed by atoms with Gasteiger partial charge in [-0.3, -0.25) is 9.00 Å². The number of rotatable bonds is 6. The summed E-state index contributed by atoms with van der Waals surface area (Å²) in [6, 6.07) is 5.47. The van der Waals surface area contributed by atoms with Crippen LogP contribution in [0.5, 0.6) is 5.75 Å². The smallest absolute Gasteiger partial charge is 0.304 e. The van der Waals surface area contributed by atoms with Crippen LogP contribution in [0, 0.1) is 0 Å². The molecule has 0 aromatic heterocycles. The van der Waals surface area contributed by atoms with Crippen LogP contribution in [0.15, 0.2) is 22.7 Å². The predicted octanol–water partition coefficient (Wildman–Crippen LogP) is 2.57. The van der Waals surface area contributed by atoms with Crippen LogP contribution < -0.4 is 4.74 Å². The molecule has 2 unspecified atom stereocenters. The predicted molar refractivity (Wildman–Crippen MR) is 74.3 cm³/mol. The van der Waals surface area contributed by atoms with Crippen LogP contribution in [0.25, 0.3) is 0 Å². The molecular formula is C12H15BrO4S. The molecule has 0 saturated carbocycles. The lowest BCUT2D eigenvalue weighted by Crippen LogP contribution is -2.17. The van der Waals surface area contributed by atoms with Gasteiger partial charge in [-0.1, -0.05) is 22.9 Å². The Bertz CT molecular complexity index is 461. The van der Waals surface area contributed by atoms with Gasteiger partial charge in [0.05, 0.1) is 19.3 Å². The maximum atomic E-state index is 12.0. The van der Waals surface area contributed by atoms with Gasteiger partial charge in [0.25, 0.3) is 0 Å². The Labute approximate surface area is 117 Å². The molecule has 100 valence electrons. The van der Waals surface area contributed by atoms with Gasteiger partial charge in [-0.05, 0) is 18.2 Å². The number of carboxylic acid groups (broad SMARTS) is 1. The van der Waals surface area contributed by atoms with Crippen molar-refractivity contribution >= 4 is 32.7 Å². The lowest BCUT2D eigenvalue weighted by Gasteiger charge is -2.12. The van der Waals surface area contributed by atoms with E-state index in [1.165, 1.54) is 0 Å². The number of carbonyl (C=O) groups is 1. The summed E-state index contributed by atoms with van der Waals surface area (Å²) in [6.45, 7) is 1.68. The van der Waals surface area contributed by atoms with E-state index in [2.05, 4.69) is 15.9 Å². The SMILES string of the molecule is COc1ccc(Br)cc1CS(=O)C(C)CC(=O)O. The van der Waals surface area contributed by atoms with Crippen LogP contribution in [0.4, 0.5) is 0 Å². The Morgan fingerprint density at radius 3 is 2.78 bits per heavy atom. The van der Waals surface area contributed by atoms with Crippen molar-refractivity contribution in [2.24, 2.45) is 0 Å². The van der Waals surface area contributed by atoms with E-state index in [0.29, 0.717) is 5.75 Å². The summed E-state index contributed by atoms with van der Waals surface area (Å²) in [5.74, 6) is 0.0167. The second-order valence-electron chi connectivity index (χ2n) is 3.89. The summed E-state index contributed by atoms with van der Waals surface area (Å²) in [4.78, 5) is 10.6. The molecule has 18 heavy (non-hydrogen) atoms. The Kier molecular flexibility index (Phi) is 5.81. The quantitative estimate of drug-likeness (QED) is 0.868. The van der Waals surface area contributed by atoms with E-state index in [1.54, 1.807) is 20.1 Å². The van der Waals surface area contributed by atoms with Crippen LogP contribution in [0.2, 0.25) is 0 Å². The first-order valence-electron chi connectivity index (χ1n) is 5.35. The van der Waals surface area contributed by atoms with Crippen LogP contribution in [-0.4, -0.2) is 27.6 Å². The second kappa shape index (κ2) is 6.89. The van der Waals surface area contributed by atoms with E-state index in [4.69, 9.17) is 9.84 Å². The highest BCUT2D eigenvalue weighted by atomic mass is 79.9. The first-order chi connectivity index (χ1) is 8.43. The van der Waals surface area contributed by atoms with Crippen molar-refractivity contribution < 1.29 is 18.8 Å². The summed E-state index contributed by atoms with van der Waals surface area (Å²) >= 11 is 3.34. The molecule has 0 amide bonds. The van der Waals surface area contributed by atoms with E-state index in [1.807, 2.05) is 12.1 Å². The van der Waals surface area contributed by atoms with Gasteiger partial charge in [-0.25, -0.2) is 0 Å². The van der Waals surface area contributed by atoms with Crippen molar-refractivity contribution in [1.29, 1.82) is 0 Å². The molecule has 0 aliphatic carbocycles. The number of carboxylic acids is 1. The van der Waals surface area contributed by atoms with E-state index >= 15 is 0 Å². The standard InChI is InChI=1S/C12H15BrO4S/c1-8(5-12(14)15)18(16)7-9-6-10(13)3-4-11(9)17-2/h3-4,6,8H,5,7H2,1-2H3,(H,14,15). The highest BCUT2D eigenvalue weighted by molar-refractivity contribution is 9.10. The van der Waals surface area contributed by atoms with Crippen molar-refractivity contribution in [2.75, 3.05) is 7.11 Å². The zero-order valence-electron chi connectivity index (χ0n) is 10.2. The Morgan fingerprint density at radius 1 is 1.56 bits per heavy atom.